The second-order valence-electron chi connectivity index (χ2n) is 5.63. The zero-order chi connectivity index (χ0) is 13.2. The van der Waals surface area contributed by atoms with Gasteiger partial charge in [-0.25, -0.2) is 0 Å². The van der Waals surface area contributed by atoms with Crippen molar-refractivity contribution in [2.24, 2.45) is 5.73 Å². The highest BCUT2D eigenvalue weighted by atomic mass is 32.2. The van der Waals surface area contributed by atoms with Crippen LogP contribution in [0.1, 0.15) is 35.6 Å². The largest absolute Gasteiger partial charge is 0.326 e. The van der Waals surface area contributed by atoms with Gasteiger partial charge < -0.3 is 5.73 Å². The number of rotatable bonds is 3. The summed E-state index contributed by atoms with van der Waals surface area (Å²) in [5.41, 5.74) is 7.20. The van der Waals surface area contributed by atoms with E-state index in [4.69, 9.17) is 5.73 Å². The van der Waals surface area contributed by atoms with Crippen LogP contribution in [0.3, 0.4) is 0 Å². The Balaban J connectivity index is 1.98. The van der Waals surface area contributed by atoms with Gasteiger partial charge in [-0.3, -0.25) is 4.90 Å². The van der Waals surface area contributed by atoms with Crippen molar-refractivity contribution in [2.45, 2.75) is 45.0 Å². The van der Waals surface area contributed by atoms with Crippen LogP contribution in [0.25, 0.3) is 0 Å². The van der Waals surface area contributed by atoms with Gasteiger partial charge in [0.05, 0.1) is 0 Å². The van der Waals surface area contributed by atoms with Crippen molar-refractivity contribution in [3.05, 3.63) is 21.4 Å². The first-order valence-corrected chi connectivity index (χ1v) is 8.45. The third-order valence-electron chi connectivity index (χ3n) is 3.60. The SMILES string of the molecule is Cc1sc(CN)cc1CN1CCSC(C)(C)CC1. The number of nitrogens with two attached hydrogens (primary N) is 1. The summed E-state index contributed by atoms with van der Waals surface area (Å²) in [6.07, 6.45) is 1.28. The molecule has 2 N–H and O–H groups in total. The Morgan fingerprint density at radius 1 is 1.39 bits per heavy atom. The Labute approximate surface area is 119 Å². The second kappa shape index (κ2) is 5.95. The van der Waals surface area contributed by atoms with Crippen molar-refractivity contribution in [2.75, 3.05) is 18.8 Å². The van der Waals surface area contributed by atoms with Gasteiger partial charge in [-0.1, -0.05) is 13.8 Å². The standard InChI is InChI=1S/C14H24N2S2/c1-11-12(8-13(9-15)18-11)10-16-5-4-14(2,3)17-7-6-16/h8H,4-7,9-10,15H2,1-3H3. The normalized spacial score (nSPS) is 20.9. The van der Waals surface area contributed by atoms with E-state index in [1.54, 1.807) is 0 Å². The fraction of sp³-hybridized carbons (Fsp3) is 0.714. The summed E-state index contributed by atoms with van der Waals surface area (Å²) >= 11 is 3.96. The van der Waals surface area contributed by atoms with E-state index in [9.17, 15) is 0 Å². The summed E-state index contributed by atoms with van der Waals surface area (Å²) in [7, 11) is 0. The Kier molecular flexibility index (Phi) is 4.75. The first-order chi connectivity index (χ1) is 8.50. The number of aryl methyl sites for hydroxylation is 1. The number of thiophene rings is 1. The Hall–Kier alpha value is -0.0300. The summed E-state index contributed by atoms with van der Waals surface area (Å²) in [4.78, 5) is 5.34. The number of nitrogens with zero attached hydrogens (tertiary/aromatic N) is 1. The number of thioether (sulfide) groups is 1. The van der Waals surface area contributed by atoms with Crippen LogP contribution in [0.5, 0.6) is 0 Å². The molecule has 1 fully saturated rings. The van der Waals surface area contributed by atoms with E-state index in [1.807, 2.05) is 11.3 Å². The van der Waals surface area contributed by atoms with Gasteiger partial charge in [0, 0.05) is 39.9 Å². The van der Waals surface area contributed by atoms with Gasteiger partial charge in [-0.2, -0.15) is 11.8 Å². The van der Waals surface area contributed by atoms with Gasteiger partial charge in [0.1, 0.15) is 0 Å². The topological polar surface area (TPSA) is 29.3 Å². The molecule has 1 aliphatic rings. The maximum Gasteiger partial charge on any atom is 0.0274 e. The minimum Gasteiger partial charge on any atom is -0.326 e. The minimum absolute atomic E-state index is 0.445. The molecular weight excluding hydrogens is 260 g/mol. The maximum absolute atomic E-state index is 5.72. The average Bonchev–Trinajstić information content (AvgIpc) is 2.57. The van der Waals surface area contributed by atoms with Crippen molar-refractivity contribution >= 4 is 23.1 Å². The van der Waals surface area contributed by atoms with Gasteiger partial charge in [0.25, 0.3) is 0 Å². The molecule has 0 atom stereocenters. The molecule has 2 heterocycles. The lowest BCUT2D eigenvalue weighted by molar-refractivity contribution is 0.276. The van der Waals surface area contributed by atoms with E-state index in [-0.39, 0.29) is 0 Å². The van der Waals surface area contributed by atoms with E-state index < -0.39 is 0 Å². The van der Waals surface area contributed by atoms with E-state index in [2.05, 4.69) is 43.5 Å². The quantitative estimate of drug-likeness (QED) is 0.924. The first kappa shape index (κ1) is 14.4. The van der Waals surface area contributed by atoms with Crippen LogP contribution in [0.15, 0.2) is 6.07 Å². The summed E-state index contributed by atoms with van der Waals surface area (Å²) < 4.78 is 0.445. The molecule has 0 amide bonds. The molecule has 0 aliphatic carbocycles. The Morgan fingerprint density at radius 3 is 2.83 bits per heavy atom. The van der Waals surface area contributed by atoms with E-state index in [0.29, 0.717) is 11.3 Å². The maximum atomic E-state index is 5.72. The number of hydrogen-bond donors (Lipinski definition) is 1. The molecule has 4 heteroatoms. The summed E-state index contributed by atoms with van der Waals surface area (Å²) in [6.45, 7) is 11.1. The van der Waals surface area contributed by atoms with E-state index in [0.717, 1.165) is 6.54 Å². The predicted octanol–water partition coefficient (Wildman–Crippen LogP) is 3.23. The molecule has 0 unspecified atom stereocenters. The van der Waals surface area contributed by atoms with Crippen molar-refractivity contribution in [3.8, 4) is 0 Å². The van der Waals surface area contributed by atoms with Crippen LogP contribution in [-0.4, -0.2) is 28.5 Å². The molecule has 2 rings (SSSR count). The van der Waals surface area contributed by atoms with Gasteiger partial charge >= 0.3 is 0 Å². The summed E-state index contributed by atoms with van der Waals surface area (Å²) in [5.74, 6) is 1.25. The molecule has 0 aromatic carbocycles. The van der Waals surface area contributed by atoms with Crippen LogP contribution < -0.4 is 5.73 Å². The average molecular weight is 284 g/mol. The van der Waals surface area contributed by atoms with Gasteiger partial charge in [-0.15, -0.1) is 11.3 Å². The molecule has 18 heavy (non-hydrogen) atoms. The molecule has 1 aromatic rings. The third-order valence-corrected chi connectivity index (χ3v) is 6.08. The molecule has 2 nitrogen and oxygen atoms in total. The highest BCUT2D eigenvalue weighted by Crippen LogP contribution is 2.31. The summed E-state index contributed by atoms with van der Waals surface area (Å²) in [6, 6.07) is 2.29. The molecule has 1 aliphatic heterocycles. The molecule has 0 radical (unpaired) electrons. The van der Waals surface area contributed by atoms with Crippen molar-refractivity contribution in [1.29, 1.82) is 0 Å². The highest BCUT2D eigenvalue weighted by Gasteiger charge is 2.23. The summed E-state index contributed by atoms with van der Waals surface area (Å²) in [5, 5.41) is 0. The zero-order valence-corrected chi connectivity index (χ0v) is 13.3. The van der Waals surface area contributed by atoms with Gasteiger partial charge in [0.2, 0.25) is 0 Å². The third kappa shape index (κ3) is 3.73. The lowest BCUT2D eigenvalue weighted by Gasteiger charge is -2.22. The first-order valence-electron chi connectivity index (χ1n) is 6.65. The minimum atomic E-state index is 0.445. The smallest absolute Gasteiger partial charge is 0.0274 e. The predicted molar refractivity (Wildman–Crippen MR) is 83.4 cm³/mol. The van der Waals surface area contributed by atoms with Crippen molar-refractivity contribution < 1.29 is 0 Å². The lowest BCUT2D eigenvalue weighted by atomic mass is 10.1. The van der Waals surface area contributed by atoms with Crippen molar-refractivity contribution in [1.82, 2.24) is 4.90 Å². The number of hydrogen-bond acceptors (Lipinski definition) is 4. The fourth-order valence-corrected chi connectivity index (χ4v) is 4.38. The van der Waals surface area contributed by atoms with Gasteiger partial charge in [-0.05, 0) is 31.5 Å². The monoisotopic (exact) mass is 284 g/mol. The Bertz CT molecular complexity index is 398. The highest BCUT2D eigenvalue weighted by molar-refractivity contribution is 8.00. The molecule has 1 aromatic heterocycles. The van der Waals surface area contributed by atoms with Crippen LogP contribution in [0.4, 0.5) is 0 Å². The fourth-order valence-electron chi connectivity index (χ4n) is 2.31. The van der Waals surface area contributed by atoms with Crippen LogP contribution in [0.2, 0.25) is 0 Å². The van der Waals surface area contributed by atoms with Crippen molar-refractivity contribution in [3.63, 3.8) is 0 Å². The molecular formula is C14H24N2S2. The molecule has 1 saturated heterocycles. The molecule has 0 spiro atoms. The van der Waals surface area contributed by atoms with Crippen LogP contribution in [0, 0.1) is 6.92 Å². The Morgan fingerprint density at radius 2 is 2.17 bits per heavy atom. The van der Waals surface area contributed by atoms with Crippen LogP contribution >= 0.6 is 23.1 Å². The lowest BCUT2D eigenvalue weighted by Crippen LogP contribution is -2.26. The van der Waals surface area contributed by atoms with E-state index in [1.165, 1.54) is 40.6 Å². The zero-order valence-electron chi connectivity index (χ0n) is 11.7. The molecule has 102 valence electrons. The second-order valence-corrected chi connectivity index (χ2v) is 8.78. The van der Waals surface area contributed by atoms with E-state index >= 15 is 0 Å². The molecule has 0 saturated carbocycles. The van der Waals surface area contributed by atoms with Gasteiger partial charge in [0.15, 0.2) is 0 Å². The molecule has 0 bridgehead atoms. The van der Waals surface area contributed by atoms with Crippen LogP contribution in [-0.2, 0) is 13.1 Å².